The molecule has 1 N–H and O–H groups in total. The lowest BCUT2D eigenvalue weighted by Gasteiger charge is -2.32. The summed E-state index contributed by atoms with van der Waals surface area (Å²) in [5, 5.41) is 3.22. The van der Waals surface area contributed by atoms with Crippen molar-refractivity contribution < 1.29 is 14.2 Å². The lowest BCUT2D eigenvalue weighted by Crippen LogP contribution is -2.38. The lowest BCUT2D eigenvalue weighted by molar-refractivity contribution is -0.0349. The van der Waals surface area contributed by atoms with Gasteiger partial charge in [-0.2, -0.15) is 0 Å². The summed E-state index contributed by atoms with van der Waals surface area (Å²) in [4.78, 5) is 15.9. The van der Waals surface area contributed by atoms with Crippen molar-refractivity contribution in [3.05, 3.63) is 71.3 Å². The second-order valence-electron chi connectivity index (χ2n) is 8.15. The molecule has 33 heavy (non-hydrogen) atoms. The third kappa shape index (κ3) is 6.71. The van der Waals surface area contributed by atoms with Crippen LogP contribution in [0.15, 0.2) is 48.7 Å². The van der Waals surface area contributed by atoms with Crippen molar-refractivity contribution in [2.45, 2.75) is 26.5 Å². The molecule has 2 aromatic heterocycles. The van der Waals surface area contributed by atoms with Crippen molar-refractivity contribution in [1.82, 2.24) is 19.9 Å². The van der Waals surface area contributed by atoms with Crippen LogP contribution in [0.5, 0.6) is 5.75 Å². The van der Waals surface area contributed by atoms with Crippen molar-refractivity contribution in [3.63, 3.8) is 0 Å². The van der Waals surface area contributed by atoms with Gasteiger partial charge in [0.1, 0.15) is 18.5 Å². The summed E-state index contributed by atoms with van der Waals surface area (Å²) in [6.07, 6.45) is 1.74. The Hall–Kier alpha value is -3.07. The zero-order chi connectivity index (χ0) is 23.0. The number of methoxy groups -OCH3 is 1. The molecule has 1 aromatic carbocycles. The number of pyridine rings is 1. The average molecular weight is 450 g/mol. The fourth-order valence-electron chi connectivity index (χ4n) is 3.84. The Morgan fingerprint density at radius 3 is 2.70 bits per heavy atom. The van der Waals surface area contributed by atoms with Gasteiger partial charge >= 0.3 is 0 Å². The minimum atomic E-state index is -0.0635. The second kappa shape index (κ2) is 11.2. The Labute approximate surface area is 194 Å². The van der Waals surface area contributed by atoms with Crippen LogP contribution >= 0.6 is 0 Å². The minimum Gasteiger partial charge on any atom is -0.491 e. The number of anilines is 2. The van der Waals surface area contributed by atoms with Crippen LogP contribution in [0.2, 0.25) is 0 Å². The highest BCUT2D eigenvalue weighted by Gasteiger charge is 2.23. The largest absolute Gasteiger partial charge is 0.491 e. The van der Waals surface area contributed by atoms with Gasteiger partial charge in [0.25, 0.3) is 0 Å². The number of ether oxygens (including phenoxy) is 3. The summed E-state index contributed by atoms with van der Waals surface area (Å²) in [6.45, 7) is 8.22. The van der Waals surface area contributed by atoms with E-state index >= 15 is 0 Å². The molecule has 0 saturated carbocycles. The van der Waals surface area contributed by atoms with E-state index in [0.29, 0.717) is 25.8 Å². The number of nitrogens with zero attached hydrogens (tertiary/aromatic N) is 4. The molecule has 8 nitrogen and oxygen atoms in total. The SMILES string of the molecule is COCCOc1cccc(CN2CCOC(c3ccc(Nc4nc(C)cc(C)n4)cn3)C2)c1. The Kier molecular flexibility index (Phi) is 7.83. The molecule has 3 heterocycles. The maximum absolute atomic E-state index is 6.02. The maximum atomic E-state index is 6.02. The van der Waals surface area contributed by atoms with Gasteiger partial charge in [-0.15, -0.1) is 0 Å². The van der Waals surface area contributed by atoms with E-state index in [1.807, 2.05) is 44.2 Å². The molecule has 1 unspecified atom stereocenters. The third-order valence-electron chi connectivity index (χ3n) is 5.37. The Balaban J connectivity index is 1.35. The fraction of sp³-hybridized carbons (Fsp3) is 0.400. The van der Waals surface area contributed by atoms with Gasteiger partial charge < -0.3 is 19.5 Å². The highest BCUT2D eigenvalue weighted by atomic mass is 16.5. The molecular weight excluding hydrogens is 418 g/mol. The van der Waals surface area contributed by atoms with Crippen LogP contribution in [0.4, 0.5) is 11.6 Å². The number of morpholine rings is 1. The summed E-state index contributed by atoms with van der Waals surface area (Å²) in [5.41, 5.74) is 4.84. The van der Waals surface area contributed by atoms with Crippen LogP contribution in [0.25, 0.3) is 0 Å². The van der Waals surface area contributed by atoms with E-state index < -0.39 is 0 Å². The molecule has 0 spiro atoms. The number of aromatic nitrogens is 3. The first kappa shape index (κ1) is 23.1. The van der Waals surface area contributed by atoms with Gasteiger partial charge in [0.2, 0.25) is 5.95 Å². The van der Waals surface area contributed by atoms with Crippen LogP contribution in [-0.2, 0) is 16.0 Å². The van der Waals surface area contributed by atoms with E-state index in [1.165, 1.54) is 5.56 Å². The standard InChI is InChI=1S/C25H31N5O3/c1-18-13-19(2)28-25(27-18)29-21-7-8-23(26-15-21)24-17-30(9-10-33-24)16-20-5-4-6-22(14-20)32-12-11-31-3/h4-8,13-15,24H,9-12,16-17H2,1-3H3,(H,27,28,29). The molecule has 3 aromatic rings. The molecule has 1 saturated heterocycles. The monoisotopic (exact) mass is 449 g/mol. The molecule has 0 amide bonds. The van der Waals surface area contributed by atoms with Gasteiger partial charge in [-0.25, -0.2) is 9.97 Å². The van der Waals surface area contributed by atoms with Gasteiger partial charge in [0, 0.05) is 38.1 Å². The maximum Gasteiger partial charge on any atom is 0.227 e. The van der Waals surface area contributed by atoms with Crippen molar-refractivity contribution in [3.8, 4) is 5.75 Å². The van der Waals surface area contributed by atoms with Crippen molar-refractivity contribution in [1.29, 1.82) is 0 Å². The molecule has 1 aliphatic heterocycles. The minimum absolute atomic E-state index is 0.0635. The van der Waals surface area contributed by atoms with Crippen LogP contribution in [0.1, 0.15) is 28.7 Å². The predicted octanol–water partition coefficient (Wildman–Crippen LogP) is 3.83. The summed E-state index contributed by atoms with van der Waals surface area (Å²) in [6, 6.07) is 14.2. The lowest BCUT2D eigenvalue weighted by atomic mass is 10.1. The van der Waals surface area contributed by atoms with Gasteiger partial charge in [-0.1, -0.05) is 12.1 Å². The van der Waals surface area contributed by atoms with E-state index in [-0.39, 0.29) is 6.10 Å². The molecular formula is C25H31N5O3. The molecule has 0 bridgehead atoms. The van der Waals surface area contributed by atoms with Crippen LogP contribution in [-0.4, -0.2) is 59.9 Å². The summed E-state index contributed by atoms with van der Waals surface area (Å²) in [7, 11) is 1.67. The van der Waals surface area contributed by atoms with E-state index in [9.17, 15) is 0 Å². The Morgan fingerprint density at radius 1 is 1.09 bits per heavy atom. The first-order chi connectivity index (χ1) is 16.1. The highest BCUT2D eigenvalue weighted by Crippen LogP contribution is 2.24. The number of aryl methyl sites for hydroxylation is 2. The first-order valence-electron chi connectivity index (χ1n) is 11.2. The second-order valence-corrected chi connectivity index (χ2v) is 8.15. The van der Waals surface area contributed by atoms with Gasteiger partial charge in [-0.3, -0.25) is 9.88 Å². The predicted molar refractivity (Wildman–Crippen MR) is 127 cm³/mol. The molecule has 8 heteroatoms. The smallest absolute Gasteiger partial charge is 0.227 e. The molecule has 0 radical (unpaired) electrons. The Bertz CT molecular complexity index is 1020. The highest BCUT2D eigenvalue weighted by molar-refractivity contribution is 5.52. The molecule has 0 aliphatic carbocycles. The molecule has 1 atom stereocenters. The van der Waals surface area contributed by atoms with Gasteiger partial charge in [0.15, 0.2) is 0 Å². The normalized spacial score (nSPS) is 16.5. The number of nitrogens with one attached hydrogen (secondary N) is 1. The third-order valence-corrected chi connectivity index (χ3v) is 5.37. The van der Waals surface area contributed by atoms with Gasteiger partial charge in [0.05, 0.1) is 30.8 Å². The number of hydrogen-bond donors (Lipinski definition) is 1. The quantitative estimate of drug-likeness (QED) is 0.494. The van der Waals surface area contributed by atoms with E-state index in [4.69, 9.17) is 14.2 Å². The zero-order valence-electron chi connectivity index (χ0n) is 19.5. The van der Waals surface area contributed by atoms with Crippen molar-refractivity contribution in [2.75, 3.05) is 45.3 Å². The number of hydrogen-bond acceptors (Lipinski definition) is 8. The summed E-state index contributed by atoms with van der Waals surface area (Å²) in [5.74, 6) is 1.45. The van der Waals surface area contributed by atoms with Crippen molar-refractivity contribution >= 4 is 11.6 Å². The summed E-state index contributed by atoms with van der Waals surface area (Å²) < 4.78 is 16.8. The molecule has 174 valence electrons. The van der Waals surface area contributed by atoms with Crippen LogP contribution in [0, 0.1) is 13.8 Å². The van der Waals surface area contributed by atoms with Crippen LogP contribution < -0.4 is 10.1 Å². The first-order valence-corrected chi connectivity index (χ1v) is 11.2. The van der Waals surface area contributed by atoms with Gasteiger partial charge in [-0.05, 0) is 49.7 Å². The van der Waals surface area contributed by atoms with E-state index in [2.05, 4.69) is 37.3 Å². The van der Waals surface area contributed by atoms with E-state index in [0.717, 1.165) is 48.2 Å². The Morgan fingerprint density at radius 2 is 1.94 bits per heavy atom. The van der Waals surface area contributed by atoms with Crippen LogP contribution in [0.3, 0.4) is 0 Å². The molecule has 4 rings (SSSR count). The number of benzene rings is 1. The summed E-state index contributed by atoms with van der Waals surface area (Å²) >= 11 is 0. The number of rotatable bonds is 9. The fourth-order valence-corrected chi connectivity index (χ4v) is 3.84. The van der Waals surface area contributed by atoms with E-state index in [1.54, 1.807) is 13.3 Å². The average Bonchev–Trinajstić information content (AvgIpc) is 2.80. The molecule has 1 fully saturated rings. The molecule has 1 aliphatic rings. The van der Waals surface area contributed by atoms with Crippen molar-refractivity contribution in [2.24, 2.45) is 0 Å². The zero-order valence-corrected chi connectivity index (χ0v) is 19.5. The topological polar surface area (TPSA) is 81.6 Å².